The number of ether oxygens (including phenoxy) is 1. The van der Waals surface area contributed by atoms with Crippen molar-refractivity contribution in [3.63, 3.8) is 0 Å². The number of likely N-dealkylation sites (N-methyl/N-ethyl adjacent to an activating group) is 1. The summed E-state index contributed by atoms with van der Waals surface area (Å²) in [6, 6.07) is 0.441. The lowest BCUT2D eigenvalue weighted by atomic mass is 10.2. The maximum atomic E-state index is 11.3. The van der Waals surface area contributed by atoms with Crippen LogP contribution in [0.1, 0.15) is 19.8 Å². The number of hydrogen-bond donors (Lipinski definition) is 0. The summed E-state index contributed by atoms with van der Waals surface area (Å²) in [7, 11) is 1.87. The number of hydrogen-bond acceptors (Lipinski definition) is 3. The summed E-state index contributed by atoms with van der Waals surface area (Å²) in [6.07, 6.45) is 8.05. The number of esters is 1. The molecule has 1 saturated carbocycles. The number of nitrogens with zero attached hydrogens (tertiary/aromatic N) is 1. The molecule has 96 valence electrons. The van der Waals surface area contributed by atoms with Crippen molar-refractivity contribution in [1.29, 1.82) is 0 Å². The minimum Gasteiger partial charge on any atom is -0.461 e. The first-order chi connectivity index (χ1) is 8.11. The molecule has 1 aliphatic rings. The molecule has 0 spiro atoms. The Balaban J connectivity index is 2.17. The van der Waals surface area contributed by atoms with E-state index in [-0.39, 0.29) is 5.97 Å². The van der Waals surface area contributed by atoms with Gasteiger partial charge in [-0.3, -0.25) is 4.90 Å². The van der Waals surface area contributed by atoms with Crippen LogP contribution in [0.3, 0.4) is 0 Å². The normalized spacial score (nSPS) is 16.8. The first kappa shape index (κ1) is 14.3. The second-order valence-corrected chi connectivity index (χ2v) is 4.69. The Hall–Kier alpha value is -0.800. The molecule has 0 unspecified atom stereocenters. The molecule has 0 bridgehead atoms. The van der Waals surface area contributed by atoms with Crippen LogP contribution >= 0.6 is 11.6 Å². The van der Waals surface area contributed by atoms with E-state index in [2.05, 4.69) is 6.08 Å². The molecule has 0 heterocycles. The zero-order valence-electron chi connectivity index (χ0n) is 10.5. The summed E-state index contributed by atoms with van der Waals surface area (Å²) in [5.41, 5.74) is 1.13. The standard InChI is InChI=1S/C13H20ClNO2/c1-11(9-12-4-5-12)3-6-13(16)17-8-7-15(2)10-14/h3,6,9,12H,4-5,7-8,10H2,1-2H3/b6-3+,11-9-. The number of carbonyl (C=O) groups excluding carboxylic acids is 1. The maximum Gasteiger partial charge on any atom is 0.330 e. The van der Waals surface area contributed by atoms with Crippen molar-refractivity contribution >= 4 is 17.6 Å². The fourth-order valence-corrected chi connectivity index (χ4v) is 1.42. The molecule has 0 amide bonds. The van der Waals surface area contributed by atoms with E-state index in [4.69, 9.17) is 16.3 Å². The molecule has 0 radical (unpaired) electrons. The SMILES string of the molecule is CC(=C/C1CC1)/C=C/C(=O)OCCN(C)CCl. The lowest BCUT2D eigenvalue weighted by Gasteiger charge is -2.11. The van der Waals surface area contributed by atoms with E-state index in [0.717, 1.165) is 11.5 Å². The zero-order valence-corrected chi connectivity index (χ0v) is 11.2. The molecule has 0 atom stereocenters. The Morgan fingerprint density at radius 1 is 1.47 bits per heavy atom. The highest BCUT2D eigenvalue weighted by Gasteiger charge is 2.17. The number of rotatable bonds is 7. The van der Waals surface area contributed by atoms with Crippen LogP contribution in [-0.2, 0) is 9.53 Å². The van der Waals surface area contributed by atoms with Gasteiger partial charge in [0.2, 0.25) is 0 Å². The molecule has 1 rings (SSSR count). The number of halogens is 1. The molecule has 1 fully saturated rings. The lowest BCUT2D eigenvalue weighted by Crippen LogP contribution is -2.22. The largest absolute Gasteiger partial charge is 0.461 e. The van der Waals surface area contributed by atoms with Gasteiger partial charge in [-0.2, -0.15) is 0 Å². The highest BCUT2D eigenvalue weighted by atomic mass is 35.5. The summed E-state index contributed by atoms with van der Waals surface area (Å²) in [5.74, 6) is 0.435. The van der Waals surface area contributed by atoms with Gasteiger partial charge in [-0.05, 0) is 32.7 Å². The Labute approximate surface area is 108 Å². The van der Waals surface area contributed by atoms with Crippen LogP contribution in [0.4, 0.5) is 0 Å². The van der Waals surface area contributed by atoms with Crippen molar-refractivity contribution in [3.05, 3.63) is 23.8 Å². The minimum absolute atomic E-state index is 0.295. The van der Waals surface area contributed by atoms with Gasteiger partial charge in [-0.1, -0.05) is 17.7 Å². The van der Waals surface area contributed by atoms with Gasteiger partial charge in [0.25, 0.3) is 0 Å². The first-order valence-corrected chi connectivity index (χ1v) is 6.43. The van der Waals surface area contributed by atoms with E-state index >= 15 is 0 Å². The molecule has 4 heteroatoms. The van der Waals surface area contributed by atoms with Crippen LogP contribution < -0.4 is 0 Å². The van der Waals surface area contributed by atoms with Crippen LogP contribution in [0, 0.1) is 5.92 Å². The van der Waals surface area contributed by atoms with Crippen molar-refractivity contribution in [2.24, 2.45) is 5.92 Å². The molecule has 0 aromatic rings. The average Bonchev–Trinajstić information content (AvgIpc) is 3.10. The van der Waals surface area contributed by atoms with E-state index in [1.165, 1.54) is 18.9 Å². The zero-order chi connectivity index (χ0) is 12.7. The third kappa shape index (κ3) is 7.18. The molecule has 1 aliphatic carbocycles. The van der Waals surface area contributed by atoms with Crippen LogP contribution in [0.15, 0.2) is 23.8 Å². The van der Waals surface area contributed by atoms with E-state index in [1.807, 2.05) is 24.9 Å². The number of carbonyl (C=O) groups is 1. The predicted molar refractivity (Wildman–Crippen MR) is 69.9 cm³/mol. The monoisotopic (exact) mass is 257 g/mol. The molecular formula is C13H20ClNO2. The van der Waals surface area contributed by atoms with Gasteiger partial charge in [0.05, 0.1) is 6.00 Å². The van der Waals surface area contributed by atoms with Crippen LogP contribution in [-0.4, -0.2) is 37.1 Å². The fraction of sp³-hybridized carbons (Fsp3) is 0.615. The van der Waals surface area contributed by atoms with Gasteiger partial charge in [0.15, 0.2) is 0 Å². The minimum atomic E-state index is -0.295. The van der Waals surface area contributed by atoms with Crippen LogP contribution in [0.5, 0.6) is 0 Å². The van der Waals surface area contributed by atoms with Crippen molar-refractivity contribution in [3.8, 4) is 0 Å². The smallest absolute Gasteiger partial charge is 0.330 e. The molecular weight excluding hydrogens is 238 g/mol. The first-order valence-electron chi connectivity index (χ1n) is 5.89. The maximum absolute atomic E-state index is 11.3. The van der Waals surface area contributed by atoms with E-state index < -0.39 is 0 Å². The Bertz CT molecular complexity index is 309. The Morgan fingerprint density at radius 3 is 2.76 bits per heavy atom. The third-order valence-electron chi connectivity index (χ3n) is 2.52. The summed E-state index contributed by atoms with van der Waals surface area (Å²) in [5, 5.41) is 0. The summed E-state index contributed by atoms with van der Waals surface area (Å²) < 4.78 is 5.03. The van der Waals surface area contributed by atoms with Crippen molar-refractivity contribution in [1.82, 2.24) is 4.90 Å². The van der Waals surface area contributed by atoms with Gasteiger partial charge in [-0.25, -0.2) is 4.79 Å². The molecule has 3 nitrogen and oxygen atoms in total. The summed E-state index contributed by atoms with van der Waals surface area (Å²) in [6.45, 7) is 3.03. The van der Waals surface area contributed by atoms with Crippen molar-refractivity contribution in [2.75, 3.05) is 26.2 Å². The van der Waals surface area contributed by atoms with E-state index in [0.29, 0.717) is 19.2 Å². The van der Waals surface area contributed by atoms with Gasteiger partial charge in [0.1, 0.15) is 6.61 Å². The predicted octanol–water partition coefficient (Wildman–Crippen LogP) is 2.57. The molecule has 17 heavy (non-hydrogen) atoms. The fourth-order valence-electron chi connectivity index (χ4n) is 1.30. The molecule has 0 aromatic carbocycles. The summed E-state index contributed by atoms with van der Waals surface area (Å²) >= 11 is 5.59. The van der Waals surface area contributed by atoms with Gasteiger partial charge >= 0.3 is 5.97 Å². The highest BCUT2D eigenvalue weighted by Crippen LogP contribution is 2.31. The van der Waals surface area contributed by atoms with Gasteiger partial charge < -0.3 is 4.74 Å². The van der Waals surface area contributed by atoms with E-state index in [1.54, 1.807) is 0 Å². The highest BCUT2D eigenvalue weighted by molar-refractivity contribution is 6.17. The Kier molecular flexibility index (Phi) is 6.30. The van der Waals surface area contributed by atoms with E-state index in [9.17, 15) is 4.79 Å². The van der Waals surface area contributed by atoms with Crippen molar-refractivity contribution in [2.45, 2.75) is 19.8 Å². The second kappa shape index (κ2) is 7.51. The third-order valence-corrected chi connectivity index (χ3v) is 2.93. The van der Waals surface area contributed by atoms with Crippen molar-refractivity contribution < 1.29 is 9.53 Å². The average molecular weight is 258 g/mol. The number of allylic oxidation sites excluding steroid dienone is 3. The molecule has 0 saturated heterocycles. The summed E-state index contributed by atoms with van der Waals surface area (Å²) in [4.78, 5) is 13.2. The molecule has 0 N–H and O–H groups in total. The molecule has 0 aliphatic heterocycles. The second-order valence-electron chi connectivity index (χ2n) is 4.45. The quantitative estimate of drug-likeness (QED) is 0.231. The number of alkyl halides is 1. The van der Waals surface area contributed by atoms with Crippen LogP contribution in [0.2, 0.25) is 0 Å². The lowest BCUT2D eigenvalue weighted by molar-refractivity contribution is -0.138. The molecule has 0 aromatic heterocycles. The van der Waals surface area contributed by atoms with Crippen LogP contribution in [0.25, 0.3) is 0 Å². The van der Waals surface area contributed by atoms with Gasteiger partial charge in [-0.15, -0.1) is 11.6 Å². The van der Waals surface area contributed by atoms with Gasteiger partial charge in [0, 0.05) is 12.6 Å². The Morgan fingerprint density at radius 2 is 2.18 bits per heavy atom. The topological polar surface area (TPSA) is 29.5 Å².